The second-order valence-electron chi connectivity index (χ2n) is 4.12. The van der Waals surface area contributed by atoms with E-state index < -0.39 is 12.9 Å². The molecule has 1 fully saturated rings. The second kappa shape index (κ2) is 5.60. The van der Waals surface area contributed by atoms with Crippen LogP contribution in [-0.4, -0.2) is 48.4 Å². The predicted octanol–water partition coefficient (Wildman–Crippen LogP) is -0.662. The van der Waals surface area contributed by atoms with Gasteiger partial charge >= 0.3 is 7.12 Å². The number of hydrogen-bond acceptors (Lipinski definition) is 4. The van der Waals surface area contributed by atoms with Crippen molar-refractivity contribution in [3.8, 4) is 0 Å². The fraction of sp³-hybridized carbons (Fsp3) is 0.455. The van der Waals surface area contributed by atoms with Gasteiger partial charge in [-0.25, -0.2) is 4.39 Å². The van der Waals surface area contributed by atoms with Crippen LogP contribution in [0.15, 0.2) is 18.2 Å². The Morgan fingerprint density at radius 2 is 2.00 bits per heavy atom. The van der Waals surface area contributed by atoms with E-state index >= 15 is 0 Å². The summed E-state index contributed by atoms with van der Waals surface area (Å²) in [6.07, 6.45) is 0. The lowest BCUT2D eigenvalue weighted by Crippen LogP contribution is -2.37. The highest BCUT2D eigenvalue weighted by Crippen LogP contribution is 2.07. The van der Waals surface area contributed by atoms with Crippen LogP contribution in [0, 0.1) is 5.82 Å². The highest BCUT2D eigenvalue weighted by Gasteiger charge is 2.18. The van der Waals surface area contributed by atoms with Crippen molar-refractivity contribution in [3.05, 3.63) is 29.6 Å². The van der Waals surface area contributed by atoms with Gasteiger partial charge in [-0.2, -0.15) is 0 Å². The molecule has 0 aromatic heterocycles. The number of ether oxygens (including phenoxy) is 1. The summed E-state index contributed by atoms with van der Waals surface area (Å²) in [4.78, 5) is 2.18. The van der Waals surface area contributed by atoms with Gasteiger partial charge in [0, 0.05) is 25.1 Å². The normalized spacial score (nSPS) is 17.1. The van der Waals surface area contributed by atoms with E-state index in [-0.39, 0.29) is 5.46 Å². The number of hydrogen-bond donors (Lipinski definition) is 2. The average molecular weight is 239 g/mol. The molecule has 4 nitrogen and oxygen atoms in total. The van der Waals surface area contributed by atoms with Gasteiger partial charge in [0.1, 0.15) is 5.82 Å². The topological polar surface area (TPSA) is 52.9 Å². The molecule has 1 heterocycles. The van der Waals surface area contributed by atoms with E-state index in [0.717, 1.165) is 18.7 Å². The third-order valence-electron chi connectivity index (χ3n) is 2.85. The molecular formula is C11H15BFNO3. The minimum Gasteiger partial charge on any atom is -0.423 e. The van der Waals surface area contributed by atoms with Gasteiger partial charge in [0.2, 0.25) is 0 Å². The molecular weight excluding hydrogens is 224 g/mol. The smallest absolute Gasteiger partial charge is 0.423 e. The van der Waals surface area contributed by atoms with Crippen LogP contribution in [0.2, 0.25) is 0 Å². The summed E-state index contributed by atoms with van der Waals surface area (Å²) in [6, 6.07) is 4.43. The minimum atomic E-state index is -1.76. The zero-order valence-electron chi connectivity index (χ0n) is 9.47. The number of benzene rings is 1. The van der Waals surface area contributed by atoms with E-state index in [0.29, 0.717) is 19.8 Å². The Morgan fingerprint density at radius 3 is 2.65 bits per heavy atom. The van der Waals surface area contributed by atoms with Crippen molar-refractivity contribution < 1.29 is 19.2 Å². The molecule has 0 spiro atoms. The molecule has 0 saturated carbocycles. The fourth-order valence-electron chi connectivity index (χ4n) is 1.91. The summed E-state index contributed by atoms with van der Waals surface area (Å²) < 4.78 is 18.5. The van der Waals surface area contributed by atoms with Gasteiger partial charge in [0.25, 0.3) is 0 Å². The standard InChI is InChI=1S/C11H15BFNO3/c13-11-2-1-9(7-10(11)12(15)16)8-14-3-5-17-6-4-14/h1-2,7,15-16H,3-6,8H2. The number of morpholine rings is 1. The van der Waals surface area contributed by atoms with Crippen LogP contribution in [0.25, 0.3) is 0 Å². The van der Waals surface area contributed by atoms with E-state index in [4.69, 9.17) is 14.8 Å². The maximum absolute atomic E-state index is 13.2. The molecule has 0 amide bonds. The van der Waals surface area contributed by atoms with Crippen molar-refractivity contribution in [2.45, 2.75) is 6.54 Å². The van der Waals surface area contributed by atoms with Gasteiger partial charge in [-0.1, -0.05) is 12.1 Å². The summed E-state index contributed by atoms with van der Waals surface area (Å²) in [6.45, 7) is 3.76. The molecule has 92 valence electrons. The Labute approximate surface area is 99.8 Å². The van der Waals surface area contributed by atoms with Crippen LogP contribution >= 0.6 is 0 Å². The molecule has 2 N–H and O–H groups in total. The fourth-order valence-corrected chi connectivity index (χ4v) is 1.91. The van der Waals surface area contributed by atoms with E-state index in [2.05, 4.69) is 4.90 Å². The first kappa shape index (κ1) is 12.5. The van der Waals surface area contributed by atoms with Crippen LogP contribution in [0.1, 0.15) is 5.56 Å². The summed E-state index contributed by atoms with van der Waals surface area (Å²) in [5.74, 6) is -0.592. The van der Waals surface area contributed by atoms with E-state index in [9.17, 15) is 4.39 Å². The number of nitrogens with zero attached hydrogens (tertiary/aromatic N) is 1. The Morgan fingerprint density at radius 1 is 1.29 bits per heavy atom. The molecule has 17 heavy (non-hydrogen) atoms. The Balaban J connectivity index is 2.07. The third-order valence-corrected chi connectivity index (χ3v) is 2.85. The van der Waals surface area contributed by atoms with Crippen LogP contribution in [-0.2, 0) is 11.3 Å². The largest absolute Gasteiger partial charge is 0.491 e. The lowest BCUT2D eigenvalue weighted by molar-refractivity contribution is 0.0342. The number of halogens is 1. The first-order chi connectivity index (χ1) is 8.16. The van der Waals surface area contributed by atoms with Gasteiger partial charge in [-0.3, -0.25) is 4.90 Å². The molecule has 0 radical (unpaired) electrons. The van der Waals surface area contributed by atoms with Gasteiger partial charge in [-0.15, -0.1) is 0 Å². The SMILES string of the molecule is OB(O)c1cc(CN2CCOCC2)ccc1F. The first-order valence-corrected chi connectivity index (χ1v) is 5.61. The summed E-state index contributed by atoms with van der Waals surface area (Å²) >= 11 is 0. The van der Waals surface area contributed by atoms with Crippen molar-refractivity contribution >= 4 is 12.6 Å². The van der Waals surface area contributed by atoms with Crippen molar-refractivity contribution in [1.29, 1.82) is 0 Å². The van der Waals surface area contributed by atoms with Gasteiger partial charge in [0.05, 0.1) is 13.2 Å². The zero-order chi connectivity index (χ0) is 12.3. The van der Waals surface area contributed by atoms with Crippen molar-refractivity contribution in [3.63, 3.8) is 0 Å². The van der Waals surface area contributed by atoms with Crippen molar-refractivity contribution in [2.24, 2.45) is 0 Å². The quantitative estimate of drug-likeness (QED) is 0.687. The lowest BCUT2D eigenvalue weighted by Gasteiger charge is -2.26. The van der Waals surface area contributed by atoms with E-state index in [1.807, 2.05) is 0 Å². The Kier molecular flexibility index (Phi) is 4.12. The molecule has 0 atom stereocenters. The summed E-state index contributed by atoms with van der Waals surface area (Å²) in [5.41, 5.74) is 0.798. The molecule has 1 aliphatic heterocycles. The Hall–Kier alpha value is -0.945. The van der Waals surface area contributed by atoms with Gasteiger partial charge in [-0.05, 0) is 11.6 Å². The summed E-state index contributed by atoms with van der Waals surface area (Å²) in [5, 5.41) is 18.0. The van der Waals surface area contributed by atoms with Crippen LogP contribution in [0.4, 0.5) is 4.39 Å². The maximum atomic E-state index is 13.2. The molecule has 6 heteroatoms. The average Bonchev–Trinajstić information content (AvgIpc) is 2.32. The van der Waals surface area contributed by atoms with Crippen molar-refractivity contribution in [2.75, 3.05) is 26.3 Å². The molecule has 0 bridgehead atoms. The lowest BCUT2D eigenvalue weighted by atomic mass is 9.79. The molecule has 1 saturated heterocycles. The predicted molar refractivity (Wildman–Crippen MR) is 62.3 cm³/mol. The molecule has 1 aliphatic rings. The monoisotopic (exact) mass is 239 g/mol. The molecule has 0 aliphatic carbocycles. The van der Waals surface area contributed by atoms with E-state index in [1.165, 1.54) is 12.1 Å². The first-order valence-electron chi connectivity index (χ1n) is 5.61. The van der Waals surface area contributed by atoms with Crippen molar-refractivity contribution in [1.82, 2.24) is 4.90 Å². The maximum Gasteiger partial charge on any atom is 0.491 e. The summed E-state index contributed by atoms with van der Waals surface area (Å²) in [7, 11) is -1.76. The molecule has 1 aromatic carbocycles. The minimum absolute atomic E-state index is 0.0734. The Bertz CT molecular complexity index is 383. The van der Waals surface area contributed by atoms with Crippen LogP contribution in [0.3, 0.4) is 0 Å². The highest BCUT2D eigenvalue weighted by molar-refractivity contribution is 6.58. The molecule has 1 aromatic rings. The van der Waals surface area contributed by atoms with E-state index in [1.54, 1.807) is 6.07 Å². The highest BCUT2D eigenvalue weighted by atomic mass is 19.1. The molecule has 0 unspecified atom stereocenters. The van der Waals surface area contributed by atoms with Gasteiger partial charge in [0.15, 0.2) is 0 Å². The van der Waals surface area contributed by atoms with Crippen LogP contribution < -0.4 is 5.46 Å². The van der Waals surface area contributed by atoms with Gasteiger partial charge < -0.3 is 14.8 Å². The molecule has 2 rings (SSSR count). The third kappa shape index (κ3) is 3.26. The van der Waals surface area contributed by atoms with Crippen LogP contribution in [0.5, 0.6) is 0 Å². The zero-order valence-corrected chi connectivity index (χ0v) is 9.47. The number of rotatable bonds is 3. The second-order valence-corrected chi connectivity index (χ2v) is 4.12.